The van der Waals surface area contributed by atoms with Gasteiger partial charge in [-0.15, -0.1) is 35.9 Å². The van der Waals surface area contributed by atoms with E-state index in [1.54, 1.807) is 0 Å². The van der Waals surface area contributed by atoms with Gasteiger partial charge in [-0.25, -0.2) is 0 Å². The van der Waals surface area contributed by atoms with Gasteiger partial charge in [0.25, 0.3) is 5.91 Å². The average molecular weight is 425 g/mol. The first-order valence-electron chi connectivity index (χ1n) is 8.78. The predicted molar refractivity (Wildman–Crippen MR) is 119 cm³/mol. The fourth-order valence-corrected chi connectivity index (χ4v) is 5.53. The number of hydrogen-bond donors (Lipinski definition) is 2. The maximum Gasteiger partial charge on any atom is 0.257 e. The number of ether oxygens (including phenoxy) is 1. The molecule has 0 radical (unpaired) electrons. The van der Waals surface area contributed by atoms with Crippen LogP contribution in [0, 0.1) is 0 Å². The Morgan fingerprint density at radius 2 is 1.74 bits per heavy atom. The monoisotopic (exact) mass is 424 g/mol. The number of carbonyl (C=O) groups is 1. The van der Waals surface area contributed by atoms with Gasteiger partial charge >= 0.3 is 0 Å². The Morgan fingerprint density at radius 1 is 1.07 bits per heavy atom. The van der Waals surface area contributed by atoms with Crippen LogP contribution in [0.4, 0.5) is 5.69 Å². The smallest absolute Gasteiger partial charge is 0.257 e. The van der Waals surface area contributed by atoms with Crippen LogP contribution < -0.4 is 15.8 Å². The number of rotatable bonds is 7. The third-order valence-corrected chi connectivity index (χ3v) is 7.08. The molecule has 0 aliphatic carbocycles. The predicted octanol–water partition coefficient (Wildman–Crippen LogP) is 4.30. The third kappa shape index (κ3) is 7.20. The summed E-state index contributed by atoms with van der Waals surface area (Å²) in [6.07, 6.45) is 2.07. The molecule has 146 valence electrons. The van der Waals surface area contributed by atoms with Crippen LogP contribution in [0.5, 0.6) is 5.75 Å². The van der Waals surface area contributed by atoms with Gasteiger partial charge < -0.3 is 15.8 Å². The first-order valence-corrected chi connectivity index (χ1v) is 10.9. The molecule has 1 saturated heterocycles. The molecule has 1 heterocycles. The largest absolute Gasteiger partial charge is 0.484 e. The lowest BCUT2D eigenvalue weighted by atomic mass is 10.1. The summed E-state index contributed by atoms with van der Waals surface area (Å²) in [5, 5.41) is 2.88. The molecule has 2 aromatic carbocycles. The Hall–Kier alpha value is -1.50. The maximum absolute atomic E-state index is 11.9. The van der Waals surface area contributed by atoms with Crippen LogP contribution in [0.15, 0.2) is 48.5 Å². The maximum atomic E-state index is 11.9. The molecule has 1 fully saturated rings. The van der Waals surface area contributed by atoms with Crippen molar-refractivity contribution in [2.24, 2.45) is 0 Å². The number of halogens is 1. The highest BCUT2D eigenvalue weighted by atomic mass is 35.5. The Bertz CT molecular complexity index is 705. The second-order valence-corrected chi connectivity index (χ2v) is 8.85. The van der Waals surface area contributed by atoms with E-state index in [1.807, 2.05) is 59.9 Å². The van der Waals surface area contributed by atoms with Gasteiger partial charge in [0.15, 0.2) is 6.61 Å². The first-order chi connectivity index (χ1) is 12.7. The highest BCUT2D eigenvalue weighted by Crippen LogP contribution is 2.43. The molecule has 1 amide bonds. The highest BCUT2D eigenvalue weighted by molar-refractivity contribution is 8.16. The molecule has 3 N–H and O–H groups in total. The molecule has 1 aliphatic heterocycles. The average Bonchev–Trinajstić information content (AvgIpc) is 2.69. The molecule has 2 aromatic rings. The lowest BCUT2D eigenvalue weighted by Crippen LogP contribution is -2.30. The number of benzene rings is 2. The van der Waals surface area contributed by atoms with Crippen LogP contribution in [0.25, 0.3) is 0 Å². The molecule has 0 unspecified atom stereocenters. The summed E-state index contributed by atoms with van der Waals surface area (Å²) < 4.78 is 6.11. The number of nitrogens with one attached hydrogen (secondary N) is 1. The molecule has 0 spiro atoms. The van der Waals surface area contributed by atoms with Gasteiger partial charge in [0, 0.05) is 12.2 Å². The normalized spacial score (nSPS) is 14.2. The van der Waals surface area contributed by atoms with Crippen LogP contribution in [0.2, 0.25) is 0 Å². The minimum atomic E-state index is -0.108. The molecule has 0 saturated carbocycles. The van der Waals surface area contributed by atoms with Crippen molar-refractivity contribution >= 4 is 47.5 Å². The number of amides is 1. The second-order valence-electron chi connectivity index (χ2n) is 6.13. The zero-order valence-electron chi connectivity index (χ0n) is 15.1. The van der Waals surface area contributed by atoms with Crippen molar-refractivity contribution < 1.29 is 9.53 Å². The lowest BCUT2D eigenvalue weighted by molar-refractivity contribution is -0.123. The standard InChI is InChI=1S/C20H24N2O2S2.ClH/c21-17-6-2-15(3-7-17)10-11-22-19(23)14-24-18-8-4-16(5-9-18)20-25-12-1-13-26-20;/h2-9,20H,1,10-14,21H2,(H,22,23);1H. The van der Waals surface area contributed by atoms with E-state index >= 15 is 0 Å². The Kier molecular flexibility index (Phi) is 9.18. The lowest BCUT2D eigenvalue weighted by Gasteiger charge is -2.21. The molecular formula is C20H25ClN2O2S2. The van der Waals surface area contributed by atoms with Gasteiger partial charge in [-0.3, -0.25) is 4.79 Å². The van der Waals surface area contributed by atoms with Crippen molar-refractivity contribution in [2.75, 3.05) is 30.4 Å². The van der Waals surface area contributed by atoms with E-state index in [0.717, 1.165) is 23.4 Å². The fourth-order valence-electron chi connectivity index (χ4n) is 2.63. The third-order valence-electron chi connectivity index (χ3n) is 4.06. The summed E-state index contributed by atoms with van der Waals surface area (Å²) in [7, 11) is 0. The van der Waals surface area contributed by atoms with Crippen molar-refractivity contribution in [2.45, 2.75) is 17.4 Å². The molecular weight excluding hydrogens is 400 g/mol. The van der Waals surface area contributed by atoms with Gasteiger partial charge in [-0.1, -0.05) is 24.3 Å². The van der Waals surface area contributed by atoms with Crippen molar-refractivity contribution in [1.29, 1.82) is 0 Å². The van der Waals surface area contributed by atoms with E-state index in [0.29, 0.717) is 11.1 Å². The van der Waals surface area contributed by atoms with E-state index < -0.39 is 0 Å². The zero-order valence-corrected chi connectivity index (χ0v) is 17.5. The molecule has 4 nitrogen and oxygen atoms in total. The van der Waals surface area contributed by atoms with Crippen molar-refractivity contribution in [3.63, 3.8) is 0 Å². The summed E-state index contributed by atoms with van der Waals surface area (Å²) in [6.45, 7) is 0.620. The number of thioether (sulfide) groups is 2. The van der Waals surface area contributed by atoms with E-state index in [9.17, 15) is 4.79 Å². The Morgan fingerprint density at radius 3 is 2.41 bits per heavy atom. The van der Waals surface area contributed by atoms with E-state index in [-0.39, 0.29) is 24.9 Å². The number of nitrogen functional groups attached to an aromatic ring is 1. The van der Waals surface area contributed by atoms with Gasteiger partial charge in [0.1, 0.15) is 5.75 Å². The van der Waals surface area contributed by atoms with Crippen LogP contribution in [0.3, 0.4) is 0 Å². The Labute approximate surface area is 175 Å². The minimum absolute atomic E-state index is 0. The second kappa shape index (κ2) is 11.4. The topological polar surface area (TPSA) is 64.3 Å². The van der Waals surface area contributed by atoms with Gasteiger partial charge in [0.05, 0.1) is 4.58 Å². The van der Waals surface area contributed by atoms with Crippen LogP contribution in [-0.4, -0.2) is 30.6 Å². The van der Waals surface area contributed by atoms with E-state index in [4.69, 9.17) is 10.5 Å². The molecule has 3 rings (SSSR count). The fraction of sp³-hybridized carbons (Fsp3) is 0.350. The summed E-state index contributed by atoms with van der Waals surface area (Å²) in [5.41, 5.74) is 8.88. The Balaban J connectivity index is 0.00000261. The quantitative estimate of drug-likeness (QED) is 0.649. The first kappa shape index (κ1) is 21.8. The molecule has 0 aromatic heterocycles. The number of hydrogen-bond acceptors (Lipinski definition) is 5. The number of anilines is 1. The molecule has 7 heteroatoms. The molecule has 1 aliphatic rings. The van der Waals surface area contributed by atoms with Gasteiger partial charge in [-0.05, 0) is 59.7 Å². The summed E-state index contributed by atoms with van der Waals surface area (Å²) in [6, 6.07) is 15.8. The SMILES string of the molecule is Cl.Nc1ccc(CCNC(=O)COc2ccc(C3SCCCS3)cc2)cc1. The molecule has 0 bridgehead atoms. The number of nitrogens with two attached hydrogens (primary N) is 1. The van der Waals surface area contributed by atoms with Crippen LogP contribution in [0.1, 0.15) is 22.1 Å². The van der Waals surface area contributed by atoms with E-state index in [1.165, 1.54) is 23.5 Å². The molecule has 0 atom stereocenters. The van der Waals surface area contributed by atoms with Crippen LogP contribution in [-0.2, 0) is 11.2 Å². The summed E-state index contributed by atoms with van der Waals surface area (Å²) in [5.74, 6) is 3.08. The van der Waals surface area contributed by atoms with Crippen molar-refractivity contribution in [3.05, 3.63) is 59.7 Å². The van der Waals surface area contributed by atoms with Crippen LogP contribution >= 0.6 is 35.9 Å². The zero-order chi connectivity index (χ0) is 18.2. The summed E-state index contributed by atoms with van der Waals surface area (Å²) >= 11 is 4.00. The van der Waals surface area contributed by atoms with Gasteiger partial charge in [0.2, 0.25) is 0 Å². The minimum Gasteiger partial charge on any atom is -0.484 e. The summed E-state index contributed by atoms with van der Waals surface area (Å²) in [4.78, 5) is 11.9. The van der Waals surface area contributed by atoms with Gasteiger partial charge in [-0.2, -0.15) is 0 Å². The molecule has 27 heavy (non-hydrogen) atoms. The number of carbonyl (C=O) groups excluding carboxylic acids is 1. The van der Waals surface area contributed by atoms with Crippen molar-refractivity contribution in [1.82, 2.24) is 5.32 Å². The van der Waals surface area contributed by atoms with Crippen molar-refractivity contribution in [3.8, 4) is 5.75 Å². The highest BCUT2D eigenvalue weighted by Gasteiger charge is 2.16. The van der Waals surface area contributed by atoms with E-state index in [2.05, 4.69) is 17.4 Å².